The van der Waals surface area contributed by atoms with E-state index in [4.69, 9.17) is 23.7 Å². The van der Waals surface area contributed by atoms with Crippen LogP contribution in [-0.2, 0) is 4.79 Å². The second-order valence-electron chi connectivity index (χ2n) is 5.62. The van der Waals surface area contributed by atoms with E-state index in [1.165, 1.54) is 0 Å². The number of fused-ring (bicyclic) bond motifs is 2. The number of amides is 1. The third-order valence-electron chi connectivity index (χ3n) is 3.84. The van der Waals surface area contributed by atoms with E-state index in [9.17, 15) is 4.79 Å². The first-order valence-corrected chi connectivity index (χ1v) is 7.96. The van der Waals surface area contributed by atoms with Crippen LogP contribution in [0.5, 0.6) is 28.7 Å². The first kappa shape index (κ1) is 15.4. The van der Waals surface area contributed by atoms with Crippen molar-refractivity contribution >= 4 is 11.6 Å². The van der Waals surface area contributed by atoms with Crippen molar-refractivity contribution in [1.82, 2.24) is 0 Å². The molecule has 2 aliphatic rings. The van der Waals surface area contributed by atoms with Gasteiger partial charge in [0, 0.05) is 17.8 Å². The Labute approximate surface area is 144 Å². The van der Waals surface area contributed by atoms with Crippen LogP contribution in [0.2, 0.25) is 0 Å². The molecule has 0 bridgehead atoms. The predicted octanol–water partition coefficient (Wildman–Crippen LogP) is 2.59. The average Bonchev–Trinajstić information content (AvgIpc) is 3.09. The zero-order chi connectivity index (χ0) is 17.2. The summed E-state index contributed by atoms with van der Waals surface area (Å²) in [6.07, 6.45) is -0.687. The minimum Gasteiger partial charge on any atom is -0.486 e. The standard InChI is InChI=1S/C18H17NO6/c1-11(25-13-3-5-15-17(9-13)24-10-23-15)18(20)19-12-2-4-14-16(8-12)22-7-6-21-14/h2-5,8-9,11H,6-7,10H2,1H3,(H,19,20)/t11-/m0/s1. The molecule has 1 atom stereocenters. The smallest absolute Gasteiger partial charge is 0.265 e. The minimum atomic E-state index is -0.687. The van der Waals surface area contributed by atoms with E-state index in [1.807, 2.05) is 0 Å². The Kier molecular flexibility index (Phi) is 3.97. The fraction of sp³-hybridized carbons (Fsp3) is 0.278. The van der Waals surface area contributed by atoms with Crippen LogP contribution >= 0.6 is 0 Å². The maximum Gasteiger partial charge on any atom is 0.265 e. The molecule has 2 aliphatic heterocycles. The van der Waals surface area contributed by atoms with Crippen LogP contribution < -0.4 is 29.0 Å². The minimum absolute atomic E-state index is 0.193. The average molecular weight is 343 g/mol. The number of carbonyl (C=O) groups excluding carboxylic acids is 1. The molecule has 1 N–H and O–H groups in total. The quantitative estimate of drug-likeness (QED) is 0.920. The molecule has 0 aliphatic carbocycles. The van der Waals surface area contributed by atoms with Gasteiger partial charge in [-0.25, -0.2) is 0 Å². The Balaban J connectivity index is 1.40. The fourth-order valence-corrected chi connectivity index (χ4v) is 2.57. The summed E-state index contributed by atoms with van der Waals surface area (Å²) in [6, 6.07) is 10.5. The topological polar surface area (TPSA) is 75.3 Å². The predicted molar refractivity (Wildman–Crippen MR) is 88.7 cm³/mol. The lowest BCUT2D eigenvalue weighted by atomic mass is 10.2. The molecule has 7 heteroatoms. The Morgan fingerprint density at radius 3 is 2.52 bits per heavy atom. The number of carbonyl (C=O) groups is 1. The van der Waals surface area contributed by atoms with Gasteiger partial charge in [0.15, 0.2) is 29.1 Å². The molecule has 4 rings (SSSR count). The molecule has 2 heterocycles. The second-order valence-corrected chi connectivity index (χ2v) is 5.62. The maximum atomic E-state index is 12.4. The number of ether oxygens (including phenoxy) is 5. The number of rotatable bonds is 4. The summed E-state index contributed by atoms with van der Waals surface area (Å²) < 4.78 is 27.2. The van der Waals surface area contributed by atoms with Gasteiger partial charge in [-0.3, -0.25) is 4.79 Å². The van der Waals surface area contributed by atoms with Crippen LogP contribution in [0.1, 0.15) is 6.92 Å². The van der Waals surface area contributed by atoms with E-state index in [1.54, 1.807) is 43.3 Å². The van der Waals surface area contributed by atoms with Gasteiger partial charge in [-0.15, -0.1) is 0 Å². The number of nitrogens with one attached hydrogen (secondary N) is 1. The largest absolute Gasteiger partial charge is 0.486 e. The van der Waals surface area contributed by atoms with Crippen molar-refractivity contribution in [2.24, 2.45) is 0 Å². The highest BCUT2D eigenvalue weighted by atomic mass is 16.7. The van der Waals surface area contributed by atoms with Gasteiger partial charge in [0.25, 0.3) is 5.91 Å². The summed E-state index contributed by atoms with van der Waals surface area (Å²) >= 11 is 0. The van der Waals surface area contributed by atoms with Crippen LogP contribution in [0.25, 0.3) is 0 Å². The third-order valence-corrected chi connectivity index (χ3v) is 3.84. The lowest BCUT2D eigenvalue weighted by molar-refractivity contribution is -0.122. The summed E-state index contributed by atoms with van der Waals surface area (Å²) in [5, 5.41) is 2.81. The molecule has 0 saturated carbocycles. The van der Waals surface area contributed by atoms with E-state index in [0.717, 1.165) is 0 Å². The molecular weight excluding hydrogens is 326 g/mol. The lowest BCUT2D eigenvalue weighted by Gasteiger charge is -2.19. The van der Waals surface area contributed by atoms with Crippen molar-refractivity contribution in [2.75, 3.05) is 25.3 Å². The van der Waals surface area contributed by atoms with Gasteiger partial charge in [-0.2, -0.15) is 0 Å². The molecular formula is C18H17NO6. The van der Waals surface area contributed by atoms with Crippen LogP contribution in [0.15, 0.2) is 36.4 Å². The van der Waals surface area contributed by atoms with Crippen LogP contribution in [-0.4, -0.2) is 32.0 Å². The second kappa shape index (κ2) is 6.43. The van der Waals surface area contributed by atoms with E-state index < -0.39 is 6.10 Å². The molecule has 0 unspecified atom stereocenters. The monoisotopic (exact) mass is 343 g/mol. The Morgan fingerprint density at radius 1 is 0.960 bits per heavy atom. The molecule has 0 fully saturated rings. The van der Waals surface area contributed by atoms with Gasteiger partial charge in [-0.05, 0) is 31.2 Å². The van der Waals surface area contributed by atoms with Gasteiger partial charge in [0.1, 0.15) is 19.0 Å². The molecule has 0 saturated heterocycles. The van der Waals surface area contributed by atoms with E-state index >= 15 is 0 Å². The van der Waals surface area contributed by atoms with Gasteiger partial charge < -0.3 is 29.0 Å². The molecule has 0 radical (unpaired) electrons. The van der Waals surface area contributed by atoms with Crippen LogP contribution in [0.3, 0.4) is 0 Å². The summed E-state index contributed by atoms with van der Waals surface area (Å²) in [4.78, 5) is 12.4. The highest BCUT2D eigenvalue weighted by Gasteiger charge is 2.19. The van der Waals surface area contributed by atoms with E-state index in [2.05, 4.69) is 5.32 Å². The van der Waals surface area contributed by atoms with Gasteiger partial charge in [0.05, 0.1) is 0 Å². The fourth-order valence-electron chi connectivity index (χ4n) is 2.57. The van der Waals surface area contributed by atoms with E-state index in [-0.39, 0.29) is 12.7 Å². The van der Waals surface area contributed by atoms with E-state index in [0.29, 0.717) is 47.6 Å². The number of anilines is 1. The van der Waals surface area contributed by atoms with Crippen molar-refractivity contribution < 1.29 is 28.5 Å². The third kappa shape index (κ3) is 3.26. The molecule has 0 spiro atoms. The van der Waals surface area contributed by atoms with Gasteiger partial charge >= 0.3 is 0 Å². The molecule has 7 nitrogen and oxygen atoms in total. The number of benzene rings is 2. The molecule has 130 valence electrons. The molecule has 2 aromatic carbocycles. The Bertz CT molecular complexity index is 806. The summed E-state index contributed by atoms with van der Waals surface area (Å²) in [5.74, 6) is 2.84. The Hall–Kier alpha value is -3.09. The van der Waals surface area contributed by atoms with Gasteiger partial charge in [-0.1, -0.05) is 0 Å². The number of hydrogen-bond donors (Lipinski definition) is 1. The molecule has 0 aromatic heterocycles. The molecule has 2 aromatic rings. The first-order chi connectivity index (χ1) is 12.2. The number of hydrogen-bond acceptors (Lipinski definition) is 6. The zero-order valence-corrected chi connectivity index (χ0v) is 13.6. The van der Waals surface area contributed by atoms with Crippen molar-refractivity contribution in [3.63, 3.8) is 0 Å². The van der Waals surface area contributed by atoms with Crippen LogP contribution in [0.4, 0.5) is 5.69 Å². The van der Waals surface area contributed by atoms with Crippen molar-refractivity contribution in [3.05, 3.63) is 36.4 Å². The highest BCUT2D eigenvalue weighted by Crippen LogP contribution is 2.35. The summed E-state index contributed by atoms with van der Waals surface area (Å²) in [7, 11) is 0. The van der Waals surface area contributed by atoms with Crippen molar-refractivity contribution in [2.45, 2.75) is 13.0 Å². The normalized spacial score (nSPS) is 15.4. The van der Waals surface area contributed by atoms with Gasteiger partial charge in [0.2, 0.25) is 6.79 Å². The van der Waals surface area contributed by atoms with Crippen molar-refractivity contribution in [3.8, 4) is 28.7 Å². The Morgan fingerprint density at radius 2 is 1.64 bits per heavy atom. The zero-order valence-electron chi connectivity index (χ0n) is 13.6. The summed E-state index contributed by atoms with van der Waals surface area (Å²) in [5.41, 5.74) is 0.621. The maximum absolute atomic E-state index is 12.4. The molecule has 1 amide bonds. The molecule has 25 heavy (non-hydrogen) atoms. The van der Waals surface area contributed by atoms with Crippen molar-refractivity contribution in [1.29, 1.82) is 0 Å². The van der Waals surface area contributed by atoms with Crippen LogP contribution in [0, 0.1) is 0 Å². The highest BCUT2D eigenvalue weighted by molar-refractivity contribution is 5.94. The first-order valence-electron chi connectivity index (χ1n) is 7.96. The SMILES string of the molecule is C[C@H](Oc1ccc2c(c1)OCO2)C(=O)Nc1ccc2c(c1)OCCO2. The lowest BCUT2D eigenvalue weighted by Crippen LogP contribution is -2.30. The summed E-state index contributed by atoms with van der Waals surface area (Å²) in [6.45, 7) is 2.89.